The topological polar surface area (TPSA) is 144 Å². The molecule has 0 fully saturated rings. The fourth-order valence-corrected chi connectivity index (χ4v) is 3.35. The Labute approximate surface area is 205 Å². The maximum absolute atomic E-state index is 12.6. The van der Waals surface area contributed by atoms with Gasteiger partial charge in [-0.1, -0.05) is 42.0 Å². The van der Waals surface area contributed by atoms with E-state index >= 15 is 0 Å². The Morgan fingerprint density at radius 1 is 0.972 bits per heavy atom. The number of nitrogens with zero attached hydrogens (tertiary/aromatic N) is 1. The van der Waals surface area contributed by atoms with Gasteiger partial charge in [0.1, 0.15) is 12.4 Å². The summed E-state index contributed by atoms with van der Waals surface area (Å²) in [6.45, 7) is 2.38. The molecule has 1 aromatic heterocycles. The number of amides is 2. The van der Waals surface area contributed by atoms with Crippen LogP contribution in [-0.2, 0) is 6.61 Å². The summed E-state index contributed by atoms with van der Waals surface area (Å²) in [5.74, 6) is -1.37. The van der Waals surface area contributed by atoms with Crippen molar-refractivity contribution >= 4 is 17.5 Å². The molecule has 0 radical (unpaired) electrons. The van der Waals surface area contributed by atoms with Crippen LogP contribution in [0.3, 0.4) is 0 Å². The SMILES string of the molecule is Cc1ccc(OCc2ccc(-c3ccoc3C(=O)NNC(=O)c3ccc(O)c([N+](=O)[O-])c3)cc2)cc1. The molecule has 2 amide bonds. The highest BCUT2D eigenvalue weighted by atomic mass is 16.6. The van der Waals surface area contributed by atoms with Crippen LogP contribution in [0, 0.1) is 17.0 Å². The van der Waals surface area contributed by atoms with Gasteiger partial charge in [0.25, 0.3) is 5.91 Å². The molecular formula is C26H21N3O7. The number of ether oxygens (including phenoxy) is 1. The number of nitro benzene ring substituents is 1. The second kappa shape index (κ2) is 10.4. The number of hydrogen-bond donors (Lipinski definition) is 3. The normalized spacial score (nSPS) is 10.5. The molecule has 0 spiro atoms. The molecular weight excluding hydrogens is 466 g/mol. The number of hydrazine groups is 1. The van der Waals surface area contributed by atoms with Gasteiger partial charge in [0.15, 0.2) is 5.75 Å². The van der Waals surface area contributed by atoms with E-state index in [2.05, 4.69) is 10.9 Å². The van der Waals surface area contributed by atoms with E-state index in [1.165, 1.54) is 12.3 Å². The van der Waals surface area contributed by atoms with E-state index < -0.39 is 28.2 Å². The summed E-state index contributed by atoms with van der Waals surface area (Å²) in [5.41, 5.74) is 6.96. The van der Waals surface area contributed by atoms with Gasteiger partial charge in [-0.2, -0.15) is 0 Å². The van der Waals surface area contributed by atoms with Crippen LogP contribution in [0.25, 0.3) is 11.1 Å². The molecule has 0 aliphatic heterocycles. The Morgan fingerprint density at radius 3 is 2.36 bits per heavy atom. The number of phenols is 1. The number of furan rings is 1. The van der Waals surface area contributed by atoms with Crippen LogP contribution in [0.5, 0.6) is 11.5 Å². The molecule has 4 rings (SSSR count). The smallest absolute Gasteiger partial charge is 0.311 e. The summed E-state index contributed by atoms with van der Waals surface area (Å²) >= 11 is 0. The minimum Gasteiger partial charge on any atom is -0.502 e. The third-order valence-corrected chi connectivity index (χ3v) is 5.29. The first-order valence-corrected chi connectivity index (χ1v) is 10.8. The number of benzene rings is 3. The predicted octanol–water partition coefficient (Wildman–Crippen LogP) is 4.52. The minimum absolute atomic E-state index is 0.0318. The number of aromatic hydroxyl groups is 1. The van der Waals surface area contributed by atoms with Gasteiger partial charge in [-0.3, -0.25) is 30.6 Å². The maximum Gasteiger partial charge on any atom is 0.311 e. The van der Waals surface area contributed by atoms with Crippen LogP contribution >= 0.6 is 0 Å². The van der Waals surface area contributed by atoms with Crippen molar-refractivity contribution in [2.45, 2.75) is 13.5 Å². The summed E-state index contributed by atoms with van der Waals surface area (Å²) in [7, 11) is 0. The number of nitrogens with one attached hydrogen (secondary N) is 2. The Kier molecular flexibility index (Phi) is 6.96. The molecule has 3 aromatic carbocycles. The molecule has 4 aromatic rings. The van der Waals surface area contributed by atoms with Crippen LogP contribution in [0.4, 0.5) is 5.69 Å². The lowest BCUT2D eigenvalue weighted by atomic mass is 10.0. The van der Waals surface area contributed by atoms with Crippen molar-refractivity contribution in [2.75, 3.05) is 0 Å². The van der Waals surface area contributed by atoms with Crippen molar-refractivity contribution in [1.82, 2.24) is 10.9 Å². The average molecular weight is 487 g/mol. The third kappa shape index (κ3) is 5.50. The fourth-order valence-electron chi connectivity index (χ4n) is 3.35. The monoisotopic (exact) mass is 487 g/mol. The molecule has 0 aliphatic carbocycles. The summed E-state index contributed by atoms with van der Waals surface area (Å²) < 4.78 is 11.1. The molecule has 10 nitrogen and oxygen atoms in total. The van der Waals surface area contributed by atoms with Gasteiger partial charge in [0, 0.05) is 17.2 Å². The fraction of sp³-hybridized carbons (Fsp3) is 0.0769. The second-order valence-electron chi connectivity index (χ2n) is 7.83. The number of rotatable bonds is 7. The molecule has 0 unspecified atom stereocenters. The zero-order valence-corrected chi connectivity index (χ0v) is 19.1. The quantitative estimate of drug-likeness (QED) is 0.257. The zero-order valence-electron chi connectivity index (χ0n) is 19.1. The summed E-state index contributed by atoms with van der Waals surface area (Å²) in [6.07, 6.45) is 1.35. The summed E-state index contributed by atoms with van der Waals surface area (Å²) in [6, 6.07) is 19.9. The highest BCUT2D eigenvalue weighted by Crippen LogP contribution is 2.27. The molecule has 1 heterocycles. The predicted molar refractivity (Wildman–Crippen MR) is 129 cm³/mol. The Balaban J connectivity index is 1.39. The molecule has 0 saturated carbocycles. The molecule has 0 saturated heterocycles. The first-order chi connectivity index (χ1) is 17.3. The number of carbonyl (C=O) groups is 2. The molecule has 0 aliphatic rings. The van der Waals surface area contributed by atoms with Crippen LogP contribution in [-0.4, -0.2) is 21.8 Å². The number of nitro groups is 1. The van der Waals surface area contributed by atoms with Gasteiger partial charge >= 0.3 is 11.6 Å². The lowest BCUT2D eigenvalue weighted by Crippen LogP contribution is -2.41. The zero-order chi connectivity index (χ0) is 25.7. The largest absolute Gasteiger partial charge is 0.502 e. The van der Waals surface area contributed by atoms with Crippen LogP contribution < -0.4 is 15.6 Å². The molecule has 36 heavy (non-hydrogen) atoms. The van der Waals surface area contributed by atoms with Gasteiger partial charge in [0.2, 0.25) is 5.76 Å². The van der Waals surface area contributed by atoms with Crippen LogP contribution in [0.1, 0.15) is 32.0 Å². The lowest BCUT2D eigenvalue weighted by molar-refractivity contribution is -0.385. The summed E-state index contributed by atoms with van der Waals surface area (Å²) in [4.78, 5) is 35.1. The first kappa shape index (κ1) is 24.0. The molecule has 10 heteroatoms. The number of carbonyl (C=O) groups excluding carboxylic acids is 2. The Morgan fingerprint density at radius 2 is 1.67 bits per heavy atom. The number of phenolic OH excluding ortho intramolecular Hbond substituents is 1. The molecule has 0 bridgehead atoms. The van der Waals surface area contributed by atoms with Gasteiger partial charge in [-0.25, -0.2) is 0 Å². The van der Waals surface area contributed by atoms with Crippen molar-refractivity contribution in [2.24, 2.45) is 0 Å². The van der Waals surface area contributed by atoms with E-state index in [0.717, 1.165) is 29.0 Å². The maximum atomic E-state index is 12.6. The van der Waals surface area contributed by atoms with E-state index in [1.807, 2.05) is 55.5 Å². The first-order valence-electron chi connectivity index (χ1n) is 10.8. The van der Waals surface area contributed by atoms with Crippen molar-refractivity contribution < 1.29 is 28.8 Å². The van der Waals surface area contributed by atoms with E-state index in [0.29, 0.717) is 17.7 Å². The lowest BCUT2D eigenvalue weighted by Gasteiger charge is -2.09. The molecule has 3 N–H and O–H groups in total. The Hall–Kier alpha value is -5.12. The molecule has 182 valence electrons. The molecule has 0 atom stereocenters. The van der Waals surface area contributed by atoms with E-state index in [-0.39, 0.29) is 11.3 Å². The number of aryl methyl sites for hydroxylation is 1. The van der Waals surface area contributed by atoms with E-state index in [9.17, 15) is 24.8 Å². The summed E-state index contributed by atoms with van der Waals surface area (Å²) in [5, 5.41) is 20.5. The van der Waals surface area contributed by atoms with Gasteiger partial charge < -0.3 is 14.3 Å². The minimum atomic E-state index is -0.820. The standard InChI is InChI=1S/C26H21N3O7/c1-16-2-9-20(10-3-16)36-15-17-4-6-18(7-5-17)21-12-13-35-24(21)26(32)28-27-25(31)19-8-11-23(30)22(14-19)29(33)34/h2-14,30H,15H2,1H3,(H,27,31)(H,28,32). The highest BCUT2D eigenvalue weighted by molar-refractivity contribution is 6.01. The third-order valence-electron chi connectivity index (χ3n) is 5.29. The van der Waals surface area contributed by atoms with E-state index in [4.69, 9.17) is 9.15 Å². The highest BCUT2D eigenvalue weighted by Gasteiger charge is 2.20. The van der Waals surface area contributed by atoms with Crippen molar-refractivity contribution in [1.29, 1.82) is 0 Å². The second-order valence-corrected chi connectivity index (χ2v) is 7.83. The van der Waals surface area contributed by atoms with Gasteiger partial charge in [-0.15, -0.1) is 0 Å². The van der Waals surface area contributed by atoms with E-state index in [1.54, 1.807) is 6.07 Å². The van der Waals surface area contributed by atoms with Crippen molar-refractivity contribution in [3.8, 4) is 22.6 Å². The Bertz CT molecular complexity index is 1410. The van der Waals surface area contributed by atoms with Crippen LogP contribution in [0.15, 0.2) is 83.5 Å². The van der Waals surface area contributed by atoms with Crippen LogP contribution in [0.2, 0.25) is 0 Å². The van der Waals surface area contributed by atoms with Gasteiger partial charge in [-0.05, 0) is 48.4 Å². The van der Waals surface area contributed by atoms with Crippen molar-refractivity contribution in [3.05, 3.63) is 112 Å². The van der Waals surface area contributed by atoms with Crippen molar-refractivity contribution in [3.63, 3.8) is 0 Å². The average Bonchev–Trinajstić information content (AvgIpc) is 3.37. The van der Waals surface area contributed by atoms with Gasteiger partial charge in [0.05, 0.1) is 11.2 Å². The number of hydrogen-bond acceptors (Lipinski definition) is 7.